The number of ether oxygens (including phenoxy) is 1. The standard InChI is InChI=1S/C15H19N3O/c1-2-18-11-17-9-13(18)8-16-10-14-7-12-5-3-4-6-15(12)19-14/h3-6,9,11,14,16H,2,7-8,10H2,1H3. The number of aromatic nitrogens is 2. The summed E-state index contributed by atoms with van der Waals surface area (Å²) in [7, 11) is 0. The van der Waals surface area contributed by atoms with Crippen molar-refractivity contribution in [1.82, 2.24) is 14.9 Å². The van der Waals surface area contributed by atoms with Crippen LogP contribution in [0.5, 0.6) is 5.75 Å². The van der Waals surface area contributed by atoms with Gasteiger partial charge in [0.15, 0.2) is 0 Å². The Morgan fingerprint density at radius 1 is 1.42 bits per heavy atom. The van der Waals surface area contributed by atoms with Gasteiger partial charge in [-0.1, -0.05) is 18.2 Å². The van der Waals surface area contributed by atoms with Crippen LogP contribution < -0.4 is 10.1 Å². The van der Waals surface area contributed by atoms with Gasteiger partial charge in [0.25, 0.3) is 0 Å². The maximum absolute atomic E-state index is 5.90. The number of nitrogens with one attached hydrogen (secondary N) is 1. The molecule has 1 aliphatic rings. The molecule has 1 aromatic carbocycles. The minimum absolute atomic E-state index is 0.246. The summed E-state index contributed by atoms with van der Waals surface area (Å²) < 4.78 is 8.05. The van der Waals surface area contributed by atoms with Crippen molar-refractivity contribution in [2.75, 3.05) is 6.54 Å². The van der Waals surface area contributed by atoms with Crippen molar-refractivity contribution in [1.29, 1.82) is 0 Å². The van der Waals surface area contributed by atoms with Crippen molar-refractivity contribution >= 4 is 0 Å². The molecule has 100 valence electrons. The van der Waals surface area contributed by atoms with Crippen LogP contribution in [-0.4, -0.2) is 22.2 Å². The molecule has 2 heterocycles. The molecule has 0 spiro atoms. The Morgan fingerprint density at radius 2 is 2.32 bits per heavy atom. The molecule has 4 heteroatoms. The number of fused-ring (bicyclic) bond motifs is 1. The van der Waals surface area contributed by atoms with Crippen molar-refractivity contribution in [3.05, 3.63) is 48.0 Å². The van der Waals surface area contributed by atoms with Crippen molar-refractivity contribution in [3.8, 4) is 5.75 Å². The second-order valence-corrected chi connectivity index (χ2v) is 4.85. The lowest BCUT2D eigenvalue weighted by atomic mass is 10.1. The molecular weight excluding hydrogens is 238 g/mol. The van der Waals surface area contributed by atoms with Gasteiger partial charge >= 0.3 is 0 Å². The number of hydrogen-bond acceptors (Lipinski definition) is 3. The summed E-state index contributed by atoms with van der Waals surface area (Å²) in [4.78, 5) is 4.17. The largest absolute Gasteiger partial charge is 0.488 e. The molecule has 1 aliphatic heterocycles. The summed E-state index contributed by atoms with van der Waals surface area (Å²) in [5.41, 5.74) is 2.53. The SMILES string of the molecule is CCn1cncc1CNCC1Cc2ccccc2O1. The lowest BCUT2D eigenvalue weighted by molar-refractivity contribution is 0.227. The van der Waals surface area contributed by atoms with E-state index in [1.165, 1.54) is 11.3 Å². The molecule has 0 amide bonds. The van der Waals surface area contributed by atoms with E-state index >= 15 is 0 Å². The fourth-order valence-electron chi connectivity index (χ4n) is 2.51. The van der Waals surface area contributed by atoms with E-state index < -0.39 is 0 Å². The van der Waals surface area contributed by atoms with Gasteiger partial charge in [-0.2, -0.15) is 0 Å². The lowest BCUT2D eigenvalue weighted by Gasteiger charge is -2.12. The molecule has 0 saturated carbocycles. The van der Waals surface area contributed by atoms with Gasteiger partial charge < -0.3 is 14.6 Å². The number of rotatable bonds is 5. The number of hydrogen-bond donors (Lipinski definition) is 1. The third-order valence-corrected chi connectivity index (χ3v) is 3.53. The average molecular weight is 257 g/mol. The van der Waals surface area contributed by atoms with Crippen LogP contribution in [0.2, 0.25) is 0 Å². The van der Waals surface area contributed by atoms with Crippen LogP contribution in [0, 0.1) is 0 Å². The zero-order valence-electron chi connectivity index (χ0n) is 11.2. The van der Waals surface area contributed by atoms with Crippen molar-refractivity contribution in [2.45, 2.75) is 32.5 Å². The van der Waals surface area contributed by atoms with Crippen LogP contribution in [0.1, 0.15) is 18.2 Å². The highest BCUT2D eigenvalue weighted by molar-refractivity contribution is 5.37. The van der Waals surface area contributed by atoms with Gasteiger partial charge in [-0.25, -0.2) is 4.98 Å². The molecule has 2 aromatic rings. The smallest absolute Gasteiger partial charge is 0.123 e. The quantitative estimate of drug-likeness (QED) is 0.890. The fourth-order valence-corrected chi connectivity index (χ4v) is 2.51. The Kier molecular flexibility index (Phi) is 3.51. The highest BCUT2D eigenvalue weighted by Crippen LogP contribution is 2.27. The Morgan fingerprint density at radius 3 is 3.16 bits per heavy atom. The van der Waals surface area contributed by atoms with Gasteiger partial charge in [0.05, 0.1) is 12.0 Å². The van der Waals surface area contributed by atoms with Crippen LogP contribution in [0.4, 0.5) is 0 Å². The number of para-hydroxylation sites is 1. The maximum Gasteiger partial charge on any atom is 0.123 e. The first-order chi connectivity index (χ1) is 9.36. The highest BCUT2D eigenvalue weighted by atomic mass is 16.5. The Labute approximate surface area is 113 Å². The molecule has 4 nitrogen and oxygen atoms in total. The molecule has 19 heavy (non-hydrogen) atoms. The zero-order chi connectivity index (χ0) is 13.1. The molecule has 1 aromatic heterocycles. The molecule has 1 unspecified atom stereocenters. The molecule has 0 aliphatic carbocycles. The van der Waals surface area contributed by atoms with Crippen LogP contribution in [0.15, 0.2) is 36.8 Å². The minimum atomic E-state index is 0.246. The molecule has 1 atom stereocenters. The molecule has 0 saturated heterocycles. The van der Waals surface area contributed by atoms with Gasteiger partial charge in [0.2, 0.25) is 0 Å². The van der Waals surface area contributed by atoms with E-state index in [0.29, 0.717) is 0 Å². The predicted molar refractivity (Wildman–Crippen MR) is 74.2 cm³/mol. The molecule has 0 fully saturated rings. The molecular formula is C15H19N3O. The maximum atomic E-state index is 5.90. The Bertz CT molecular complexity index is 525. The number of nitrogens with zero attached hydrogens (tertiary/aromatic N) is 2. The van der Waals surface area contributed by atoms with E-state index in [-0.39, 0.29) is 6.10 Å². The monoisotopic (exact) mass is 257 g/mol. The molecule has 3 rings (SSSR count). The summed E-state index contributed by atoms with van der Waals surface area (Å²) in [5, 5.41) is 3.45. The van der Waals surface area contributed by atoms with Gasteiger partial charge in [0.1, 0.15) is 11.9 Å². The first kappa shape index (κ1) is 12.2. The van der Waals surface area contributed by atoms with E-state index in [2.05, 4.69) is 33.9 Å². The topological polar surface area (TPSA) is 39.1 Å². The Hall–Kier alpha value is -1.81. The second kappa shape index (κ2) is 5.45. The highest BCUT2D eigenvalue weighted by Gasteiger charge is 2.21. The van der Waals surface area contributed by atoms with Gasteiger partial charge in [-0.15, -0.1) is 0 Å². The summed E-state index contributed by atoms with van der Waals surface area (Å²) in [6, 6.07) is 8.27. The summed E-state index contributed by atoms with van der Waals surface area (Å²) in [6.07, 6.45) is 5.03. The van der Waals surface area contributed by atoms with E-state index in [1.807, 2.05) is 24.7 Å². The van der Waals surface area contributed by atoms with Gasteiger partial charge in [0, 0.05) is 32.3 Å². The van der Waals surface area contributed by atoms with Crippen LogP contribution >= 0.6 is 0 Å². The molecule has 0 bridgehead atoms. The molecule has 0 radical (unpaired) electrons. The molecule has 1 N–H and O–H groups in total. The van der Waals surface area contributed by atoms with Crippen LogP contribution in [-0.2, 0) is 19.5 Å². The summed E-state index contributed by atoms with van der Waals surface area (Å²) in [6.45, 7) is 4.79. The van der Waals surface area contributed by atoms with E-state index in [4.69, 9.17) is 4.74 Å². The summed E-state index contributed by atoms with van der Waals surface area (Å²) in [5.74, 6) is 1.04. The third-order valence-electron chi connectivity index (χ3n) is 3.53. The van der Waals surface area contributed by atoms with Crippen molar-refractivity contribution < 1.29 is 4.74 Å². The first-order valence-electron chi connectivity index (χ1n) is 6.81. The van der Waals surface area contributed by atoms with Gasteiger partial charge in [-0.05, 0) is 18.6 Å². The second-order valence-electron chi connectivity index (χ2n) is 4.85. The normalized spacial score (nSPS) is 17.2. The van der Waals surface area contributed by atoms with E-state index in [1.54, 1.807) is 0 Å². The average Bonchev–Trinajstić information content (AvgIpc) is 3.04. The number of imidazole rings is 1. The Balaban J connectivity index is 1.50. The number of aryl methyl sites for hydroxylation is 1. The van der Waals surface area contributed by atoms with Crippen molar-refractivity contribution in [3.63, 3.8) is 0 Å². The number of benzene rings is 1. The summed E-state index contributed by atoms with van der Waals surface area (Å²) >= 11 is 0. The lowest BCUT2D eigenvalue weighted by Crippen LogP contribution is -2.30. The van der Waals surface area contributed by atoms with E-state index in [0.717, 1.165) is 31.8 Å². The first-order valence-corrected chi connectivity index (χ1v) is 6.81. The minimum Gasteiger partial charge on any atom is -0.488 e. The van der Waals surface area contributed by atoms with Gasteiger partial charge in [-0.3, -0.25) is 0 Å². The van der Waals surface area contributed by atoms with Crippen molar-refractivity contribution in [2.24, 2.45) is 0 Å². The van der Waals surface area contributed by atoms with Crippen LogP contribution in [0.3, 0.4) is 0 Å². The van der Waals surface area contributed by atoms with Crippen LogP contribution in [0.25, 0.3) is 0 Å². The fraction of sp³-hybridized carbons (Fsp3) is 0.400. The zero-order valence-corrected chi connectivity index (χ0v) is 11.2. The third kappa shape index (κ3) is 2.63. The van der Waals surface area contributed by atoms with E-state index in [9.17, 15) is 0 Å². The predicted octanol–water partition coefficient (Wildman–Crippen LogP) is 2.00.